The Bertz CT molecular complexity index is 1170. The monoisotopic (exact) mass is 444 g/mol. The van der Waals surface area contributed by atoms with Crippen molar-refractivity contribution in [1.82, 2.24) is 14.9 Å². The molecule has 1 atom stereocenters. The second-order valence-electron chi connectivity index (χ2n) is 7.48. The summed E-state index contributed by atoms with van der Waals surface area (Å²) in [5, 5.41) is 7.67. The van der Waals surface area contributed by atoms with Crippen molar-refractivity contribution in [2.75, 3.05) is 5.32 Å². The smallest absolute Gasteiger partial charge is 0.262 e. The Kier molecular flexibility index (Phi) is 6.77. The maximum Gasteiger partial charge on any atom is 0.262 e. The van der Waals surface area contributed by atoms with Crippen molar-refractivity contribution < 1.29 is 9.59 Å². The van der Waals surface area contributed by atoms with Crippen molar-refractivity contribution in [3.63, 3.8) is 0 Å². The van der Waals surface area contributed by atoms with Crippen LogP contribution in [-0.2, 0) is 17.8 Å². The number of rotatable bonds is 8. The fourth-order valence-corrected chi connectivity index (χ4v) is 4.01. The predicted octanol–water partition coefficient (Wildman–Crippen LogP) is 4.28. The van der Waals surface area contributed by atoms with Crippen LogP contribution in [-0.4, -0.2) is 27.4 Å². The first-order valence-corrected chi connectivity index (χ1v) is 11.2. The summed E-state index contributed by atoms with van der Waals surface area (Å²) >= 11 is 1.35. The summed E-state index contributed by atoms with van der Waals surface area (Å²) in [4.78, 5) is 30.5. The molecular weight excluding hydrogens is 420 g/mol. The predicted molar refractivity (Wildman–Crippen MR) is 127 cm³/mol. The molecule has 0 fully saturated rings. The molecular formula is C25H24N4O2S. The molecule has 0 spiro atoms. The molecule has 0 saturated carbocycles. The molecule has 32 heavy (non-hydrogen) atoms. The van der Waals surface area contributed by atoms with Crippen molar-refractivity contribution in [3.8, 4) is 0 Å². The summed E-state index contributed by atoms with van der Waals surface area (Å²) < 4.78 is 2.06. The molecule has 4 aromatic rings. The molecule has 7 heteroatoms. The number of amides is 2. The van der Waals surface area contributed by atoms with Crippen LogP contribution in [0, 0.1) is 6.92 Å². The number of anilines is 1. The molecule has 0 bridgehead atoms. The maximum absolute atomic E-state index is 13.1. The second-order valence-corrected chi connectivity index (χ2v) is 8.43. The number of aryl methyl sites for hydroxylation is 1. The molecule has 2 aromatic heterocycles. The molecule has 6 nitrogen and oxygen atoms in total. The normalized spacial score (nSPS) is 11.7. The van der Waals surface area contributed by atoms with Crippen molar-refractivity contribution in [2.45, 2.75) is 25.9 Å². The molecule has 0 radical (unpaired) electrons. The first kappa shape index (κ1) is 21.5. The van der Waals surface area contributed by atoms with E-state index in [-0.39, 0.29) is 11.8 Å². The van der Waals surface area contributed by atoms with Crippen LogP contribution in [0.25, 0.3) is 0 Å². The Labute approximate surface area is 190 Å². The number of benzene rings is 2. The van der Waals surface area contributed by atoms with E-state index >= 15 is 0 Å². The zero-order valence-electron chi connectivity index (χ0n) is 17.7. The third kappa shape index (κ3) is 5.50. The summed E-state index contributed by atoms with van der Waals surface area (Å²) in [7, 11) is 0. The zero-order chi connectivity index (χ0) is 22.3. The molecule has 1 unspecified atom stereocenters. The van der Waals surface area contributed by atoms with Crippen molar-refractivity contribution in [3.05, 3.63) is 106 Å². The van der Waals surface area contributed by atoms with E-state index in [1.54, 1.807) is 12.3 Å². The van der Waals surface area contributed by atoms with Gasteiger partial charge in [0.25, 0.3) is 5.91 Å². The highest BCUT2D eigenvalue weighted by molar-refractivity contribution is 7.12. The van der Waals surface area contributed by atoms with E-state index in [9.17, 15) is 9.59 Å². The van der Waals surface area contributed by atoms with E-state index in [1.807, 2.05) is 79.2 Å². The maximum atomic E-state index is 13.1. The summed E-state index contributed by atoms with van der Waals surface area (Å²) in [6, 6.07) is 20.2. The highest BCUT2D eigenvalue weighted by Gasteiger charge is 2.22. The molecule has 0 aliphatic carbocycles. The zero-order valence-corrected chi connectivity index (χ0v) is 18.5. The number of nitrogens with zero attached hydrogens (tertiary/aromatic N) is 2. The molecule has 2 heterocycles. The Hall–Kier alpha value is -3.71. The first-order chi connectivity index (χ1) is 15.6. The van der Waals surface area contributed by atoms with Crippen LogP contribution in [0.15, 0.2) is 84.5 Å². The van der Waals surface area contributed by atoms with Gasteiger partial charge in [-0.2, -0.15) is 0 Å². The summed E-state index contributed by atoms with van der Waals surface area (Å²) in [5.74, 6) is 0.451. The van der Waals surface area contributed by atoms with Crippen LogP contribution < -0.4 is 10.6 Å². The lowest BCUT2D eigenvalue weighted by molar-refractivity contribution is -0.118. The van der Waals surface area contributed by atoms with Crippen LogP contribution in [0.3, 0.4) is 0 Å². The summed E-state index contributed by atoms with van der Waals surface area (Å²) in [6.07, 6.45) is 4.12. The van der Waals surface area contributed by atoms with Gasteiger partial charge in [0.2, 0.25) is 5.91 Å². The third-order valence-corrected chi connectivity index (χ3v) is 6.02. The van der Waals surface area contributed by atoms with Crippen LogP contribution in [0.2, 0.25) is 0 Å². The molecule has 2 amide bonds. The average Bonchev–Trinajstić information content (AvgIpc) is 3.48. The van der Waals surface area contributed by atoms with Gasteiger partial charge in [0.05, 0.1) is 4.88 Å². The number of hydrogen-bond acceptors (Lipinski definition) is 4. The first-order valence-electron chi connectivity index (χ1n) is 10.3. The van der Waals surface area contributed by atoms with E-state index in [2.05, 4.69) is 20.2 Å². The third-order valence-electron chi connectivity index (χ3n) is 5.15. The number of carbonyl (C=O) groups excluding carboxylic acids is 2. The van der Waals surface area contributed by atoms with E-state index in [0.29, 0.717) is 23.5 Å². The van der Waals surface area contributed by atoms with E-state index in [1.165, 1.54) is 11.3 Å². The van der Waals surface area contributed by atoms with Gasteiger partial charge in [-0.3, -0.25) is 9.59 Å². The van der Waals surface area contributed by atoms with Gasteiger partial charge in [0, 0.05) is 31.0 Å². The van der Waals surface area contributed by atoms with Crippen molar-refractivity contribution in [2.24, 2.45) is 0 Å². The minimum absolute atomic E-state index is 0.248. The van der Waals surface area contributed by atoms with Gasteiger partial charge in [-0.25, -0.2) is 4.98 Å². The SMILES string of the molecule is Cc1nccn1Cc1ccc(NC(=O)C(Cc2ccccc2)NC(=O)c2cccs2)cc1. The number of aromatic nitrogens is 2. The Morgan fingerprint density at radius 3 is 2.44 bits per heavy atom. The molecule has 2 aromatic carbocycles. The minimum Gasteiger partial charge on any atom is -0.339 e. The lowest BCUT2D eigenvalue weighted by Gasteiger charge is -2.18. The van der Waals surface area contributed by atoms with Gasteiger partial charge in [-0.1, -0.05) is 48.5 Å². The van der Waals surface area contributed by atoms with Gasteiger partial charge in [0.1, 0.15) is 11.9 Å². The van der Waals surface area contributed by atoms with Gasteiger partial charge in [0.15, 0.2) is 0 Å². The summed E-state index contributed by atoms with van der Waals surface area (Å²) in [5.41, 5.74) is 2.77. The van der Waals surface area contributed by atoms with Gasteiger partial charge < -0.3 is 15.2 Å². The summed E-state index contributed by atoms with van der Waals surface area (Å²) in [6.45, 7) is 2.68. The fraction of sp³-hybridized carbons (Fsp3) is 0.160. The average molecular weight is 445 g/mol. The van der Waals surface area contributed by atoms with Crippen molar-refractivity contribution in [1.29, 1.82) is 0 Å². The number of imidazole rings is 1. The molecule has 4 rings (SSSR count). The number of nitrogens with one attached hydrogen (secondary N) is 2. The number of carbonyl (C=O) groups is 2. The van der Waals surface area contributed by atoms with Crippen LogP contribution >= 0.6 is 11.3 Å². The van der Waals surface area contributed by atoms with Gasteiger partial charge >= 0.3 is 0 Å². The fourth-order valence-electron chi connectivity index (χ4n) is 3.39. The lowest BCUT2D eigenvalue weighted by Crippen LogP contribution is -2.45. The Morgan fingerprint density at radius 1 is 1.00 bits per heavy atom. The molecule has 0 aliphatic heterocycles. The standard InChI is InChI=1S/C25H24N4O2S/c1-18-26-13-14-29(18)17-20-9-11-21(12-10-20)27-24(30)22(16-19-6-3-2-4-7-19)28-25(31)23-8-5-15-32-23/h2-15,22H,16-17H2,1H3,(H,27,30)(H,28,31). The Morgan fingerprint density at radius 2 is 1.78 bits per heavy atom. The lowest BCUT2D eigenvalue weighted by atomic mass is 10.0. The van der Waals surface area contributed by atoms with Crippen molar-refractivity contribution >= 4 is 28.8 Å². The van der Waals surface area contributed by atoms with E-state index < -0.39 is 6.04 Å². The second kappa shape index (κ2) is 10.1. The quantitative estimate of drug-likeness (QED) is 0.426. The highest BCUT2D eigenvalue weighted by atomic mass is 32.1. The molecule has 0 aliphatic rings. The molecule has 0 saturated heterocycles. The molecule has 2 N–H and O–H groups in total. The van der Waals surface area contributed by atoms with Crippen LogP contribution in [0.5, 0.6) is 0 Å². The van der Waals surface area contributed by atoms with Crippen LogP contribution in [0.1, 0.15) is 26.6 Å². The van der Waals surface area contributed by atoms with E-state index in [4.69, 9.17) is 0 Å². The Balaban J connectivity index is 1.45. The van der Waals surface area contributed by atoms with Crippen LogP contribution in [0.4, 0.5) is 5.69 Å². The number of hydrogen-bond donors (Lipinski definition) is 2. The van der Waals surface area contributed by atoms with Gasteiger partial charge in [-0.15, -0.1) is 11.3 Å². The number of thiophene rings is 1. The largest absolute Gasteiger partial charge is 0.339 e. The highest BCUT2D eigenvalue weighted by Crippen LogP contribution is 2.14. The van der Waals surface area contributed by atoms with Gasteiger partial charge in [-0.05, 0) is 41.6 Å². The molecule has 162 valence electrons. The topological polar surface area (TPSA) is 76.0 Å². The minimum atomic E-state index is -0.694. The van der Waals surface area contributed by atoms with E-state index in [0.717, 1.165) is 17.0 Å².